The van der Waals surface area contributed by atoms with Crippen LogP contribution >= 0.6 is 0 Å². The van der Waals surface area contributed by atoms with Gasteiger partial charge < -0.3 is 9.47 Å². The van der Waals surface area contributed by atoms with Crippen molar-refractivity contribution in [1.29, 1.82) is 0 Å². The Hall–Kier alpha value is -5.80. The minimum Gasteiger partial charge on any atom is -0.453 e. The number of benzene rings is 7. The van der Waals surface area contributed by atoms with Crippen LogP contribution in [0, 0.1) is 0 Å². The number of fused-ring (bicyclic) bond motifs is 5. The van der Waals surface area contributed by atoms with Crippen LogP contribution < -0.4 is 14.4 Å². The summed E-state index contributed by atoms with van der Waals surface area (Å²) >= 11 is 0. The Balaban J connectivity index is 1.10. The molecule has 3 heteroatoms. The highest BCUT2D eigenvalue weighted by molar-refractivity contribution is 5.95. The molecule has 0 amide bonds. The molecule has 0 aromatic heterocycles. The van der Waals surface area contributed by atoms with Gasteiger partial charge in [0.1, 0.15) is 5.69 Å². The highest BCUT2D eigenvalue weighted by atomic mass is 16.5. The average Bonchev–Trinajstić information content (AvgIpc) is 3.08. The smallest absolute Gasteiger partial charge is 0.155 e. The molecule has 0 N–H and O–H groups in total. The summed E-state index contributed by atoms with van der Waals surface area (Å²) < 4.78 is 12.8. The minimum absolute atomic E-state index is 0.786. The zero-order valence-electron chi connectivity index (χ0n) is 23.2. The Bertz CT molecular complexity index is 2200. The van der Waals surface area contributed by atoms with E-state index in [2.05, 4.69) is 120 Å². The van der Waals surface area contributed by atoms with Crippen LogP contribution in [-0.4, -0.2) is 0 Å². The molecule has 0 radical (unpaired) electrons. The normalized spacial score (nSPS) is 12.5. The van der Waals surface area contributed by atoms with Crippen LogP contribution in [0.5, 0.6) is 23.0 Å². The number of nitrogens with zero attached hydrogens (tertiary/aromatic N) is 1. The van der Waals surface area contributed by atoms with Gasteiger partial charge in [-0.1, -0.05) is 109 Å². The van der Waals surface area contributed by atoms with Crippen molar-refractivity contribution in [2.24, 2.45) is 0 Å². The second kappa shape index (κ2) is 9.37. The Morgan fingerprint density at radius 3 is 1.77 bits per heavy atom. The predicted molar refractivity (Wildman–Crippen MR) is 175 cm³/mol. The van der Waals surface area contributed by atoms with Gasteiger partial charge in [0, 0.05) is 0 Å². The van der Waals surface area contributed by atoms with E-state index >= 15 is 0 Å². The van der Waals surface area contributed by atoms with Gasteiger partial charge >= 0.3 is 0 Å². The van der Waals surface area contributed by atoms with E-state index < -0.39 is 0 Å². The van der Waals surface area contributed by atoms with Crippen molar-refractivity contribution in [1.82, 2.24) is 0 Å². The second-order valence-corrected chi connectivity index (χ2v) is 11.0. The predicted octanol–water partition coefficient (Wildman–Crippen LogP) is 11.5. The average molecular weight is 552 g/mol. The van der Waals surface area contributed by atoms with Gasteiger partial charge in [0.25, 0.3) is 0 Å². The summed E-state index contributed by atoms with van der Waals surface area (Å²) in [6, 6.07) is 53.3. The van der Waals surface area contributed by atoms with Crippen LogP contribution in [0.2, 0.25) is 0 Å². The van der Waals surface area contributed by atoms with Gasteiger partial charge in [0.2, 0.25) is 0 Å². The van der Waals surface area contributed by atoms with E-state index in [1.54, 1.807) is 0 Å². The van der Waals surface area contributed by atoms with E-state index in [1.165, 1.54) is 33.0 Å². The van der Waals surface area contributed by atoms with E-state index in [4.69, 9.17) is 9.47 Å². The third-order valence-electron chi connectivity index (χ3n) is 8.45. The molecule has 9 rings (SSSR count). The van der Waals surface area contributed by atoms with Crippen molar-refractivity contribution in [2.75, 3.05) is 4.90 Å². The molecular weight excluding hydrogens is 526 g/mol. The lowest BCUT2D eigenvalue weighted by Crippen LogP contribution is -2.20. The quantitative estimate of drug-likeness (QED) is 0.218. The van der Waals surface area contributed by atoms with Crippen molar-refractivity contribution >= 4 is 27.8 Å². The lowest BCUT2D eigenvalue weighted by Gasteiger charge is -2.37. The molecule has 7 aromatic rings. The standard InChI is InChI=1S/C40H25NO2/c1-2-9-29-24-30(21-18-26(29)8-1)27-16-19-28(20-17-27)32-10-3-4-11-33(32)31-22-23-35-39(25-31)43-38-15-7-14-37-40(38)41(35)34-12-5-6-13-36(34)42-37/h1-25H. The maximum Gasteiger partial charge on any atom is 0.155 e. The Labute approximate surface area is 249 Å². The van der Waals surface area contributed by atoms with Crippen molar-refractivity contribution in [3.63, 3.8) is 0 Å². The molecule has 202 valence electrons. The molecular formula is C40H25NO2. The third kappa shape index (κ3) is 3.83. The van der Waals surface area contributed by atoms with Gasteiger partial charge in [-0.05, 0) is 86.6 Å². The number of hydrogen-bond donors (Lipinski definition) is 0. The summed E-state index contributed by atoms with van der Waals surface area (Å²) in [6.45, 7) is 0. The maximum absolute atomic E-state index is 6.52. The lowest BCUT2D eigenvalue weighted by atomic mass is 9.92. The number of anilines is 3. The van der Waals surface area contributed by atoms with Crippen LogP contribution in [0.15, 0.2) is 152 Å². The molecule has 2 aliphatic rings. The molecule has 0 unspecified atom stereocenters. The molecule has 0 spiro atoms. The summed E-state index contributed by atoms with van der Waals surface area (Å²) in [4.78, 5) is 2.25. The van der Waals surface area contributed by atoms with Crippen LogP contribution in [0.4, 0.5) is 17.1 Å². The minimum atomic E-state index is 0.786. The zero-order chi connectivity index (χ0) is 28.3. The topological polar surface area (TPSA) is 21.7 Å². The van der Waals surface area contributed by atoms with Gasteiger partial charge in [0.05, 0.1) is 11.4 Å². The van der Waals surface area contributed by atoms with Crippen LogP contribution in [0.3, 0.4) is 0 Å². The maximum atomic E-state index is 6.52. The largest absolute Gasteiger partial charge is 0.453 e. The van der Waals surface area contributed by atoms with Crippen molar-refractivity contribution in [3.05, 3.63) is 152 Å². The number of hydrogen-bond acceptors (Lipinski definition) is 3. The number of para-hydroxylation sites is 3. The first-order chi connectivity index (χ1) is 21.3. The van der Waals surface area contributed by atoms with Gasteiger partial charge in [-0.3, -0.25) is 4.90 Å². The van der Waals surface area contributed by atoms with Gasteiger partial charge in [-0.2, -0.15) is 0 Å². The highest BCUT2D eigenvalue weighted by Gasteiger charge is 2.34. The van der Waals surface area contributed by atoms with Crippen molar-refractivity contribution in [2.45, 2.75) is 0 Å². The molecule has 0 bridgehead atoms. The van der Waals surface area contributed by atoms with Crippen LogP contribution in [0.25, 0.3) is 44.2 Å². The second-order valence-electron chi connectivity index (χ2n) is 11.0. The first-order valence-corrected chi connectivity index (χ1v) is 14.5. The molecule has 0 saturated carbocycles. The molecule has 2 heterocycles. The first kappa shape index (κ1) is 23.9. The molecule has 7 aromatic carbocycles. The van der Waals surface area contributed by atoms with E-state index in [0.29, 0.717) is 0 Å². The SMILES string of the molecule is c1ccc2c(c1)Oc1cccc3c1N2c1ccc(-c2ccccc2-c2ccc(-c4ccc5ccccc5c4)cc2)cc1O3. The van der Waals surface area contributed by atoms with Gasteiger partial charge in [0.15, 0.2) is 23.0 Å². The zero-order valence-corrected chi connectivity index (χ0v) is 23.2. The highest BCUT2D eigenvalue weighted by Crippen LogP contribution is 2.59. The molecule has 0 saturated heterocycles. The Kier molecular flexibility index (Phi) is 5.20. The third-order valence-corrected chi connectivity index (χ3v) is 8.45. The molecule has 0 atom stereocenters. The van der Waals surface area contributed by atoms with Crippen LogP contribution in [0.1, 0.15) is 0 Å². The van der Waals surface area contributed by atoms with Crippen molar-refractivity contribution in [3.8, 4) is 56.4 Å². The lowest BCUT2D eigenvalue weighted by molar-refractivity contribution is 0.446. The fourth-order valence-corrected chi connectivity index (χ4v) is 6.37. The summed E-state index contributed by atoms with van der Waals surface area (Å²) in [5.74, 6) is 3.24. The number of rotatable bonds is 3. The van der Waals surface area contributed by atoms with Crippen molar-refractivity contribution < 1.29 is 9.47 Å². The van der Waals surface area contributed by atoms with E-state index in [0.717, 1.165) is 51.2 Å². The van der Waals surface area contributed by atoms with E-state index in [1.807, 2.05) is 36.4 Å². The molecule has 3 nitrogen and oxygen atoms in total. The fourth-order valence-electron chi connectivity index (χ4n) is 6.37. The monoisotopic (exact) mass is 551 g/mol. The summed E-state index contributed by atoms with van der Waals surface area (Å²) in [5.41, 5.74) is 10.00. The van der Waals surface area contributed by atoms with Crippen LogP contribution in [-0.2, 0) is 0 Å². The first-order valence-electron chi connectivity index (χ1n) is 14.5. The Morgan fingerprint density at radius 1 is 0.349 bits per heavy atom. The van der Waals surface area contributed by atoms with Gasteiger partial charge in [-0.25, -0.2) is 0 Å². The molecule has 43 heavy (non-hydrogen) atoms. The molecule has 0 aliphatic carbocycles. The van der Waals surface area contributed by atoms with E-state index in [9.17, 15) is 0 Å². The molecule has 0 fully saturated rings. The summed E-state index contributed by atoms with van der Waals surface area (Å²) in [6.07, 6.45) is 0. The number of ether oxygens (including phenoxy) is 2. The van der Waals surface area contributed by atoms with E-state index in [-0.39, 0.29) is 0 Å². The van der Waals surface area contributed by atoms with Gasteiger partial charge in [-0.15, -0.1) is 0 Å². The summed E-state index contributed by atoms with van der Waals surface area (Å²) in [5, 5.41) is 2.51. The summed E-state index contributed by atoms with van der Waals surface area (Å²) in [7, 11) is 0. The fraction of sp³-hybridized carbons (Fsp3) is 0. The Morgan fingerprint density at radius 2 is 0.930 bits per heavy atom. The molecule has 2 aliphatic heterocycles.